The number of hydrogen-bond donors (Lipinski definition) is 4. The molecule has 0 saturated carbocycles. The van der Waals surface area contributed by atoms with Gasteiger partial charge < -0.3 is 50.6 Å². The Labute approximate surface area is 425 Å². The third-order valence-corrected chi connectivity index (χ3v) is 12.8. The van der Waals surface area contributed by atoms with Crippen LogP contribution in [-0.4, -0.2) is 189 Å². The van der Waals surface area contributed by atoms with Crippen molar-refractivity contribution in [2.45, 2.75) is 18.0 Å². The zero-order chi connectivity index (χ0) is 52.2. The number of nitrogens with zero attached hydrogens (tertiary/aromatic N) is 14. The Balaban J connectivity index is 0.000000159. The van der Waals surface area contributed by atoms with Crippen LogP contribution in [0.5, 0.6) is 11.5 Å². The summed E-state index contributed by atoms with van der Waals surface area (Å²) in [5.41, 5.74) is 18.8. The summed E-state index contributed by atoms with van der Waals surface area (Å²) < 4.78 is 75.3. The summed E-state index contributed by atoms with van der Waals surface area (Å²) in [6, 6.07) is 17.0. The van der Waals surface area contributed by atoms with Gasteiger partial charge in [-0.1, -0.05) is 12.1 Å². The van der Waals surface area contributed by atoms with Crippen LogP contribution < -0.4 is 32.0 Å². The van der Waals surface area contributed by atoms with Crippen molar-refractivity contribution in [2.24, 2.45) is 5.73 Å². The van der Waals surface area contributed by atoms with Crippen molar-refractivity contribution in [1.82, 2.24) is 68.7 Å². The van der Waals surface area contributed by atoms with Crippen molar-refractivity contribution in [3.8, 4) is 34.7 Å². The molecule has 2 aliphatic rings. The van der Waals surface area contributed by atoms with Gasteiger partial charge in [-0.05, 0) is 93.1 Å². The minimum atomic E-state index is -3.57. The Morgan fingerprint density at radius 1 is 0.649 bits per heavy atom. The number of anilines is 3. The molecule has 27 heteroatoms. The molecule has 7 N–H and O–H groups in total. The highest BCUT2D eigenvalue weighted by Gasteiger charge is 2.20. The van der Waals surface area contributed by atoms with E-state index in [0.717, 1.165) is 87.3 Å². The molecule has 24 nitrogen and oxygen atoms in total. The molecular weight excluding hydrogens is 983 g/mol. The van der Waals surface area contributed by atoms with Gasteiger partial charge in [-0.25, -0.2) is 17.2 Å². The van der Waals surface area contributed by atoms with Crippen molar-refractivity contribution < 1.29 is 35.5 Å². The minimum absolute atomic E-state index is 0.0410. The first-order chi connectivity index (χ1) is 35.7. The van der Waals surface area contributed by atoms with E-state index in [-0.39, 0.29) is 40.9 Å². The maximum Gasteiger partial charge on any atom is 0.259 e. The summed E-state index contributed by atoms with van der Waals surface area (Å²) in [6.07, 6.45) is 5.26. The highest BCUT2D eigenvalue weighted by molar-refractivity contribution is 7.90. The maximum atomic E-state index is 14.5. The average Bonchev–Trinajstić information content (AvgIpc) is 4.23. The van der Waals surface area contributed by atoms with Gasteiger partial charge in [-0.2, -0.15) is 38.9 Å². The summed E-state index contributed by atoms with van der Waals surface area (Å²) in [4.78, 5) is 33.7. The first-order valence-electron chi connectivity index (χ1n) is 23.9. The van der Waals surface area contributed by atoms with E-state index in [1.807, 2.05) is 12.1 Å². The molecule has 394 valence electrons. The second-order valence-electron chi connectivity index (χ2n) is 17.5. The van der Waals surface area contributed by atoms with E-state index < -0.39 is 15.0 Å². The fourth-order valence-corrected chi connectivity index (χ4v) is 8.19. The highest BCUT2D eigenvalue weighted by atomic mass is 32.2. The van der Waals surface area contributed by atoms with E-state index in [1.165, 1.54) is 22.9 Å². The molecule has 2 aliphatic heterocycles. The van der Waals surface area contributed by atoms with Gasteiger partial charge >= 0.3 is 0 Å². The van der Waals surface area contributed by atoms with E-state index in [0.29, 0.717) is 74.0 Å². The summed E-state index contributed by atoms with van der Waals surface area (Å²) >= 11 is 0. The fraction of sp³-hybridized carbons (Fsp3) is 0.404. The van der Waals surface area contributed by atoms with Crippen LogP contribution in [0.1, 0.15) is 11.1 Å². The van der Waals surface area contributed by atoms with Crippen LogP contribution in [0.25, 0.3) is 34.7 Å². The van der Waals surface area contributed by atoms with Gasteiger partial charge in [0.2, 0.25) is 39.3 Å². The molecule has 0 aliphatic carbocycles. The Bertz CT molecular complexity index is 3180. The van der Waals surface area contributed by atoms with Gasteiger partial charge in [0.05, 0.1) is 12.5 Å². The number of ether oxygens (including phenoxy) is 2. The summed E-state index contributed by atoms with van der Waals surface area (Å²) in [6.45, 7) is 12.0. The predicted octanol–water partition coefficient (Wildman–Crippen LogP) is 2.50. The van der Waals surface area contributed by atoms with Crippen molar-refractivity contribution in [3.63, 3.8) is 0 Å². The number of sulfone groups is 1. The van der Waals surface area contributed by atoms with Gasteiger partial charge in [-0.3, -0.25) is 9.80 Å². The van der Waals surface area contributed by atoms with Crippen LogP contribution in [0, 0.1) is 11.6 Å². The number of hydrogen-bond acceptors (Lipinski definition) is 22. The van der Waals surface area contributed by atoms with E-state index in [1.54, 1.807) is 42.7 Å². The van der Waals surface area contributed by atoms with Gasteiger partial charge in [0.15, 0.2) is 34.7 Å². The SMILES string of the molecule is CN1CCN(CCOc2ccc(CCN)cc2F)CC1.CN1CCN(CCOc2ccc(CCNc3nc(N)n4nc(-c5ccco5)nc4n3)cc2F)CC1.CS(=O)(=O)c1nc(N)n2nc(-c3ccco3)nc2n1. The summed E-state index contributed by atoms with van der Waals surface area (Å²) in [5, 5.41) is 11.0. The largest absolute Gasteiger partial charge is 0.489 e. The number of nitrogens with one attached hydrogen (secondary N) is 1. The number of halogens is 2. The van der Waals surface area contributed by atoms with Crippen LogP contribution in [0.4, 0.5) is 26.6 Å². The van der Waals surface area contributed by atoms with E-state index in [4.69, 9.17) is 35.5 Å². The molecule has 6 aromatic heterocycles. The number of nitrogen functional groups attached to an aromatic ring is 2. The molecule has 0 radical (unpaired) electrons. The molecule has 0 bridgehead atoms. The van der Waals surface area contributed by atoms with Crippen molar-refractivity contribution in [1.29, 1.82) is 0 Å². The summed E-state index contributed by atoms with van der Waals surface area (Å²) in [5.74, 6) is 2.19. The number of furan rings is 2. The van der Waals surface area contributed by atoms with Crippen molar-refractivity contribution >= 4 is 39.2 Å². The number of benzene rings is 2. The van der Waals surface area contributed by atoms with Crippen LogP contribution in [0.3, 0.4) is 0 Å². The second kappa shape index (κ2) is 24.5. The smallest absolute Gasteiger partial charge is 0.259 e. The molecular formula is C47H60F2N18O6S. The van der Waals surface area contributed by atoms with Crippen LogP contribution >= 0.6 is 0 Å². The molecule has 0 amide bonds. The molecule has 74 heavy (non-hydrogen) atoms. The van der Waals surface area contributed by atoms with E-state index in [9.17, 15) is 17.2 Å². The second-order valence-corrected chi connectivity index (χ2v) is 19.4. The minimum Gasteiger partial charge on any atom is -0.489 e. The highest BCUT2D eigenvalue weighted by Crippen LogP contribution is 2.22. The van der Waals surface area contributed by atoms with Crippen molar-refractivity contribution in [3.05, 3.63) is 96.0 Å². The molecule has 8 heterocycles. The number of nitrogens with two attached hydrogens (primary N) is 3. The first-order valence-corrected chi connectivity index (χ1v) is 25.7. The average molecular weight is 1040 g/mol. The summed E-state index contributed by atoms with van der Waals surface area (Å²) in [7, 11) is 0.685. The van der Waals surface area contributed by atoms with Gasteiger partial charge in [0.25, 0.3) is 16.7 Å². The molecule has 8 aromatic rings. The fourth-order valence-electron chi connectivity index (χ4n) is 7.69. The zero-order valence-electron chi connectivity index (χ0n) is 41.3. The standard InChI is InChI=1S/C23H28FN9O2.C15H24FN3O.C9H8N6O3S/c1-31-8-10-32(11-9-31)12-14-35-18-5-4-16(15-17(18)24)6-7-26-22-28-21(25)33-23(29-22)27-20(30-33)19-3-2-13-34-19;1-18-6-8-19(9-7-18)10-11-20-15-3-2-13(4-5-17)12-14(15)16;1-19(16,17)9-12-7(10)15-8(13-9)11-6(14-15)5-3-2-4-18-5/h2-5,13,15H,6-12,14H2,1H3,(H3,25,26,27,28,29,30);2-3,12H,4-11,17H2,1H3;2-4H,1H3,(H2,10,11,12,13,14). The van der Waals surface area contributed by atoms with Crippen LogP contribution in [-0.2, 0) is 22.7 Å². The Morgan fingerprint density at radius 2 is 1.14 bits per heavy atom. The lowest BCUT2D eigenvalue weighted by atomic mass is 10.1. The number of piperazine rings is 2. The molecule has 2 aromatic carbocycles. The monoisotopic (exact) mass is 1040 g/mol. The van der Waals surface area contributed by atoms with Crippen molar-refractivity contribution in [2.75, 3.05) is 129 Å². The first kappa shape index (κ1) is 52.9. The number of aromatic nitrogens is 10. The third-order valence-electron chi connectivity index (χ3n) is 11.9. The topological polar surface area (TPSA) is 294 Å². The molecule has 10 rings (SSSR count). The number of rotatable bonds is 17. The molecule has 0 unspecified atom stereocenters. The third kappa shape index (κ3) is 14.2. The molecule has 2 saturated heterocycles. The van der Waals surface area contributed by atoms with Gasteiger partial charge in [0.1, 0.15) is 13.2 Å². The number of likely N-dealkylation sites (N-methyl/N-ethyl adjacent to an activating group) is 2. The van der Waals surface area contributed by atoms with Gasteiger partial charge in [0, 0.05) is 78.2 Å². The van der Waals surface area contributed by atoms with Crippen LogP contribution in [0.15, 0.2) is 87.2 Å². The molecule has 2 fully saturated rings. The Hall–Kier alpha value is -7.43. The van der Waals surface area contributed by atoms with E-state index in [2.05, 4.69) is 79.1 Å². The Morgan fingerprint density at radius 3 is 1.59 bits per heavy atom. The predicted molar refractivity (Wildman–Crippen MR) is 271 cm³/mol. The lowest BCUT2D eigenvalue weighted by Gasteiger charge is -2.32. The number of fused-ring (bicyclic) bond motifs is 2. The zero-order valence-corrected chi connectivity index (χ0v) is 42.2. The lowest BCUT2D eigenvalue weighted by Crippen LogP contribution is -2.45. The normalized spacial score (nSPS) is 14.9. The maximum absolute atomic E-state index is 14.5. The van der Waals surface area contributed by atoms with Gasteiger partial charge in [-0.15, -0.1) is 10.2 Å². The van der Waals surface area contributed by atoms with E-state index >= 15 is 0 Å². The quantitative estimate of drug-likeness (QED) is 0.102. The lowest BCUT2D eigenvalue weighted by molar-refractivity contribution is 0.132. The van der Waals surface area contributed by atoms with Crippen LogP contribution in [0.2, 0.25) is 0 Å². The molecule has 0 spiro atoms. The Kier molecular flexibility index (Phi) is 17.5. The molecule has 0 atom stereocenters.